The van der Waals surface area contributed by atoms with Crippen molar-refractivity contribution in [3.63, 3.8) is 0 Å². The van der Waals surface area contributed by atoms with E-state index < -0.39 is 73.4 Å². The molecule has 10 atom stereocenters. The summed E-state index contributed by atoms with van der Waals surface area (Å²) in [5.41, 5.74) is -0.741. The van der Waals surface area contributed by atoms with Gasteiger partial charge in [0.2, 0.25) is 29.0 Å². The molecule has 1 aromatic heterocycles. The fourth-order valence-corrected chi connectivity index (χ4v) is 5.63. The number of aliphatic hydroxyl groups is 6. The third-order valence-electron chi connectivity index (χ3n) is 8.18. The lowest BCUT2D eigenvalue weighted by atomic mass is 9.98. The van der Waals surface area contributed by atoms with Crippen molar-refractivity contribution in [2.75, 3.05) is 42.2 Å². The molecule has 260 valence electrons. The van der Waals surface area contributed by atoms with Gasteiger partial charge >= 0.3 is 0 Å². The van der Waals surface area contributed by atoms with E-state index in [4.69, 9.17) is 47.0 Å². The van der Waals surface area contributed by atoms with Crippen LogP contribution in [0.5, 0.6) is 34.5 Å². The van der Waals surface area contributed by atoms with Crippen LogP contribution < -0.4 is 33.8 Å². The van der Waals surface area contributed by atoms with E-state index in [1.165, 1.54) is 54.6 Å². The minimum absolute atomic E-state index is 0.0265. The van der Waals surface area contributed by atoms with Crippen molar-refractivity contribution in [2.24, 2.45) is 0 Å². The summed E-state index contributed by atoms with van der Waals surface area (Å²) in [6.07, 6.45) is -15.3. The van der Waals surface area contributed by atoms with Gasteiger partial charge in [-0.25, -0.2) is 0 Å². The summed E-state index contributed by atoms with van der Waals surface area (Å²) < 4.78 is 56.2. The third kappa shape index (κ3) is 5.98. The summed E-state index contributed by atoms with van der Waals surface area (Å²) in [4.78, 5) is 14.2. The Bertz CT molecular complexity index is 1640. The standard InChI is InChI=1S/C30H38O17/c1-10-17(31)20(34)22(36)29(44-10)43-9-14-18(32)21(35)23(37)30(47-14)46-13-8-11(38-2)7-12-15(13)19(33)16-24(39-3)26(40-4)28(42-6)27(41-5)25(16)45-12/h7-8,10,14,17-18,20-23,29-32,34-37H,9H2,1-6H3/t10-,14+,17-,18+,20+,21-,22+,23+,29+,30+/m0/s1. The molecule has 2 fully saturated rings. The van der Waals surface area contributed by atoms with Crippen molar-refractivity contribution < 1.29 is 77.7 Å². The molecule has 0 amide bonds. The predicted octanol–water partition coefficient (Wildman–Crippen LogP) is -0.980. The molecular weight excluding hydrogens is 632 g/mol. The van der Waals surface area contributed by atoms with E-state index in [1.54, 1.807) is 0 Å². The number of aliphatic hydroxyl groups excluding tert-OH is 6. The van der Waals surface area contributed by atoms with Crippen LogP contribution in [0.25, 0.3) is 21.9 Å². The molecule has 2 aliphatic rings. The summed E-state index contributed by atoms with van der Waals surface area (Å²) in [7, 11) is 6.75. The first-order valence-corrected chi connectivity index (χ1v) is 14.4. The molecule has 0 spiro atoms. The Hall–Kier alpha value is -3.65. The van der Waals surface area contributed by atoms with E-state index >= 15 is 0 Å². The monoisotopic (exact) mass is 670 g/mol. The van der Waals surface area contributed by atoms with Crippen LogP contribution >= 0.6 is 0 Å². The van der Waals surface area contributed by atoms with E-state index in [1.807, 2.05) is 0 Å². The minimum Gasteiger partial charge on any atom is -0.496 e. The van der Waals surface area contributed by atoms with Gasteiger partial charge in [-0.15, -0.1) is 0 Å². The average molecular weight is 671 g/mol. The molecule has 0 radical (unpaired) electrons. The van der Waals surface area contributed by atoms with Gasteiger partial charge in [-0.3, -0.25) is 4.79 Å². The lowest BCUT2D eigenvalue weighted by molar-refractivity contribution is -0.318. The van der Waals surface area contributed by atoms with Crippen molar-refractivity contribution in [2.45, 2.75) is 68.3 Å². The van der Waals surface area contributed by atoms with E-state index in [-0.39, 0.29) is 56.4 Å². The summed E-state index contributed by atoms with van der Waals surface area (Å²) >= 11 is 0. The maximum Gasteiger partial charge on any atom is 0.229 e. The summed E-state index contributed by atoms with van der Waals surface area (Å²) in [6.45, 7) is 0.939. The molecule has 0 unspecified atom stereocenters. The molecule has 0 aliphatic carbocycles. The molecular formula is C30H38O17. The van der Waals surface area contributed by atoms with Gasteiger partial charge in [0.25, 0.3) is 0 Å². The minimum atomic E-state index is -1.83. The number of rotatable bonds is 10. The molecule has 17 heteroatoms. The Labute approximate surface area is 267 Å². The quantitative estimate of drug-likeness (QED) is 0.142. The highest BCUT2D eigenvalue weighted by Gasteiger charge is 2.47. The molecule has 2 saturated heterocycles. The Balaban J connectivity index is 1.54. The smallest absolute Gasteiger partial charge is 0.229 e. The zero-order valence-electron chi connectivity index (χ0n) is 26.3. The fourth-order valence-electron chi connectivity index (χ4n) is 5.63. The maximum absolute atomic E-state index is 14.2. The molecule has 6 N–H and O–H groups in total. The van der Waals surface area contributed by atoms with Gasteiger partial charge in [-0.1, -0.05) is 0 Å². The number of hydrogen-bond donors (Lipinski definition) is 6. The molecule has 0 bridgehead atoms. The lowest BCUT2D eigenvalue weighted by Gasteiger charge is -2.42. The van der Waals surface area contributed by atoms with Gasteiger partial charge in [-0.2, -0.15) is 0 Å². The normalized spacial score (nSPS) is 31.1. The molecule has 17 nitrogen and oxygen atoms in total. The first-order chi connectivity index (χ1) is 22.4. The number of ether oxygens (including phenoxy) is 9. The summed E-state index contributed by atoms with van der Waals surface area (Å²) in [5, 5.41) is 62.2. The first-order valence-electron chi connectivity index (χ1n) is 14.4. The van der Waals surface area contributed by atoms with Gasteiger partial charge in [0.05, 0.1) is 48.3 Å². The number of fused-ring (bicyclic) bond motifs is 2. The second-order valence-corrected chi connectivity index (χ2v) is 10.9. The van der Waals surface area contributed by atoms with Gasteiger partial charge in [-0.05, 0) is 6.92 Å². The van der Waals surface area contributed by atoms with Crippen LogP contribution in [0.2, 0.25) is 0 Å². The highest BCUT2D eigenvalue weighted by molar-refractivity contribution is 6.02. The van der Waals surface area contributed by atoms with Crippen LogP contribution in [0.4, 0.5) is 0 Å². The lowest BCUT2D eigenvalue weighted by Crippen LogP contribution is -2.61. The predicted molar refractivity (Wildman–Crippen MR) is 158 cm³/mol. The molecule has 5 rings (SSSR count). The molecule has 47 heavy (non-hydrogen) atoms. The fraction of sp³-hybridized carbons (Fsp3) is 0.567. The SMILES string of the molecule is COc1cc(O[C@@H]2O[C@H](CO[C@@H]3O[C@@H](C)[C@H](O)[C@@H](O)[C@H]3O)[C@@H](O)[C@H](O)[C@H]2O)c2c(=O)c3c(OC)c(OC)c(OC)c(OC)c3oc2c1. The third-order valence-corrected chi connectivity index (χ3v) is 8.18. The number of hydrogen-bond acceptors (Lipinski definition) is 17. The van der Waals surface area contributed by atoms with Gasteiger partial charge in [0, 0.05) is 12.1 Å². The Morgan fingerprint density at radius 1 is 0.660 bits per heavy atom. The number of methoxy groups -OCH3 is 5. The van der Waals surface area contributed by atoms with Crippen LogP contribution in [0.15, 0.2) is 21.3 Å². The van der Waals surface area contributed by atoms with Crippen LogP contribution in [-0.4, -0.2) is 134 Å². The maximum atomic E-state index is 14.2. The first kappa shape index (κ1) is 34.7. The van der Waals surface area contributed by atoms with Crippen LogP contribution in [0.1, 0.15) is 6.92 Å². The second kappa shape index (κ2) is 13.8. The Morgan fingerprint density at radius 3 is 1.87 bits per heavy atom. The van der Waals surface area contributed by atoms with Gasteiger partial charge < -0.3 is 77.7 Å². The van der Waals surface area contributed by atoms with E-state index in [0.717, 1.165) is 0 Å². The zero-order valence-corrected chi connectivity index (χ0v) is 26.3. The van der Waals surface area contributed by atoms with Crippen molar-refractivity contribution in [1.29, 1.82) is 0 Å². The zero-order chi connectivity index (χ0) is 34.3. The van der Waals surface area contributed by atoms with Gasteiger partial charge in [0.1, 0.15) is 70.6 Å². The van der Waals surface area contributed by atoms with Crippen LogP contribution in [-0.2, 0) is 14.2 Å². The van der Waals surface area contributed by atoms with Crippen molar-refractivity contribution in [3.05, 3.63) is 22.4 Å². The molecule has 0 saturated carbocycles. The molecule has 2 aromatic carbocycles. The van der Waals surface area contributed by atoms with Crippen LogP contribution in [0.3, 0.4) is 0 Å². The van der Waals surface area contributed by atoms with Gasteiger partial charge in [0.15, 0.2) is 17.6 Å². The van der Waals surface area contributed by atoms with Crippen molar-refractivity contribution >= 4 is 21.9 Å². The molecule has 3 aromatic rings. The summed E-state index contributed by atoms with van der Waals surface area (Å²) in [6, 6.07) is 2.75. The average Bonchev–Trinajstić information content (AvgIpc) is 3.07. The Morgan fingerprint density at radius 2 is 1.26 bits per heavy atom. The second-order valence-electron chi connectivity index (χ2n) is 10.9. The largest absolute Gasteiger partial charge is 0.496 e. The summed E-state index contributed by atoms with van der Waals surface area (Å²) in [5.74, 6) is 0.143. The van der Waals surface area contributed by atoms with Crippen molar-refractivity contribution in [1.82, 2.24) is 0 Å². The highest BCUT2D eigenvalue weighted by atomic mass is 16.7. The van der Waals surface area contributed by atoms with Crippen molar-refractivity contribution in [3.8, 4) is 34.5 Å². The van der Waals surface area contributed by atoms with E-state index in [2.05, 4.69) is 0 Å². The molecule has 3 heterocycles. The van der Waals surface area contributed by atoms with E-state index in [9.17, 15) is 35.4 Å². The highest BCUT2D eigenvalue weighted by Crippen LogP contribution is 2.51. The topological polar surface area (TPSA) is 235 Å². The Kier molecular flexibility index (Phi) is 10.2. The van der Waals surface area contributed by atoms with E-state index in [0.29, 0.717) is 0 Å². The van der Waals surface area contributed by atoms with Crippen LogP contribution in [0, 0.1) is 0 Å². The number of benzene rings is 2. The molecule has 2 aliphatic heterocycles.